The van der Waals surface area contributed by atoms with Crippen LogP contribution in [0.15, 0.2) is 34.9 Å². The Kier molecular flexibility index (Phi) is 15.1. The fourth-order valence-electron chi connectivity index (χ4n) is 2.12. The number of hydrogen-bond donors (Lipinski definition) is 0. The largest absolute Gasteiger partial charge is 0.656 e. The predicted octanol–water partition coefficient (Wildman–Crippen LogP) is 5.54. The van der Waals surface area contributed by atoms with Crippen molar-refractivity contribution in [1.82, 2.24) is 5.16 Å². The van der Waals surface area contributed by atoms with Crippen LogP contribution in [-0.4, -0.2) is 18.1 Å². The van der Waals surface area contributed by atoms with Crippen LogP contribution >= 0.6 is 0 Å². The average molecular weight is 405 g/mol. The molecule has 1 aromatic carbocycles. The number of nitrogens with zero attached hydrogens (tertiary/aromatic N) is 2. The van der Waals surface area contributed by atoms with Crippen LogP contribution in [0.2, 0.25) is 0 Å². The van der Waals surface area contributed by atoms with Gasteiger partial charge in [0.25, 0.3) is 0 Å². The van der Waals surface area contributed by atoms with Crippen molar-refractivity contribution in [2.24, 2.45) is 0 Å². The van der Waals surface area contributed by atoms with E-state index in [9.17, 15) is 4.79 Å². The quantitative estimate of drug-likeness (QED) is 0.628. The molecule has 0 fully saturated rings. The minimum atomic E-state index is -0.115. The first kappa shape index (κ1) is 25.2. The molecule has 1 amide bonds. The van der Waals surface area contributed by atoms with Crippen LogP contribution in [0.3, 0.4) is 0 Å². The maximum Gasteiger partial charge on any atom is 0.170 e. The van der Waals surface area contributed by atoms with Gasteiger partial charge in [-0.2, -0.15) is 6.92 Å². The van der Waals surface area contributed by atoms with E-state index in [0.29, 0.717) is 6.42 Å². The van der Waals surface area contributed by atoms with Gasteiger partial charge in [0.15, 0.2) is 5.76 Å². The molecule has 0 spiro atoms. The van der Waals surface area contributed by atoms with Gasteiger partial charge in [-0.1, -0.05) is 56.3 Å². The van der Waals surface area contributed by atoms with E-state index in [1.807, 2.05) is 58.0 Å². The molecule has 2 rings (SSSR count). The number of rotatable bonds is 4. The molecule has 2 aromatic rings. The Morgan fingerprint density at radius 3 is 2.29 bits per heavy atom. The van der Waals surface area contributed by atoms with E-state index in [4.69, 9.17) is 4.52 Å². The molecule has 1 heterocycles. The van der Waals surface area contributed by atoms with Crippen LogP contribution in [0.4, 0.5) is 0 Å². The Bertz CT molecular complexity index is 568. The second kappa shape index (κ2) is 14.4. The summed E-state index contributed by atoms with van der Waals surface area (Å²) in [7, 11) is 1.51. The van der Waals surface area contributed by atoms with Gasteiger partial charge >= 0.3 is 0 Å². The van der Waals surface area contributed by atoms with Crippen molar-refractivity contribution >= 4 is 5.91 Å². The topological polar surface area (TPSA) is 57.2 Å². The molecular formula is C19H28N2O2Y-2. The third-order valence-corrected chi connectivity index (χ3v) is 3.19. The molecule has 4 nitrogen and oxygen atoms in total. The molecule has 0 aliphatic heterocycles. The summed E-state index contributed by atoms with van der Waals surface area (Å²) >= 11 is 0. The van der Waals surface area contributed by atoms with Gasteiger partial charge in [-0.05, 0) is 13.3 Å². The summed E-state index contributed by atoms with van der Waals surface area (Å²) in [6.45, 7) is 12.9. The Balaban J connectivity index is 0. The zero-order valence-corrected chi connectivity index (χ0v) is 18.5. The molecule has 0 saturated carbocycles. The first-order valence-electron chi connectivity index (χ1n) is 7.98. The second-order valence-corrected chi connectivity index (χ2v) is 4.61. The molecule has 0 aliphatic carbocycles. The van der Waals surface area contributed by atoms with Gasteiger partial charge in [-0.25, -0.2) is 0 Å². The molecule has 0 bridgehead atoms. The smallest absolute Gasteiger partial charge is 0.170 e. The van der Waals surface area contributed by atoms with Crippen LogP contribution in [0.25, 0.3) is 16.6 Å². The van der Waals surface area contributed by atoms with Gasteiger partial charge in [0.05, 0.1) is 11.6 Å². The van der Waals surface area contributed by atoms with E-state index in [-0.39, 0.29) is 44.5 Å². The molecule has 0 N–H and O–H groups in total. The second-order valence-electron chi connectivity index (χ2n) is 4.61. The number of aromatic nitrogens is 1. The first-order chi connectivity index (χ1) is 11.1. The van der Waals surface area contributed by atoms with Crippen molar-refractivity contribution in [1.29, 1.82) is 0 Å². The summed E-state index contributed by atoms with van der Waals surface area (Å²) in [5, 5.41) is 7.76. The van der Waals surface area contributed by atoms with E-state index >= 15 is 0 Å². The van der Waals surface area contributed by atoms with E-state index in [1.54, 1.807) is 6.92 Å². The molecule has 5 heteroatoms. The number of hydrogen-bond acceptors (Lipinski definition) is 3. The van der Waals surface area contributed by atoms with Crippen molar-refractivity contribution in [3.63, 3.8) is 0 Å². The van der Waals surface area contributed by atoms with Crippen LogP contribution in [0.1, 0.15) is 51.3 Å². The van der Waals surface area contributed by atoms with Crippen LogP contribution < -0.4 is 0 Å². The Morgan fingerprint density at radius 2 is 1.79 bits per heavy atom. The third-order valence-electron chi connectivity index (χ3n) is 3.19. The van der Waals surface area contributed by atoms with Gasteiger partial charge in [0, 0.05) is 49.8 Å². The third kappa shape index (κ3) is 7.27. The van der Waals surface area contributed by atoms with Crippen LogP contribution in [0, 0.1) is 13.8 Å². The van der Waals surface area contributed by atoms with Crippen LogP contribution in [0.5, 0.6) is 0 Å². The molecule has 131 valence electrons. The SMILES string of the molecule is CC.C[N-]C(=O)CC(C)c1noc(-c2ccccc2)c1C.[CH2-]C.[Y]. The van der Waals surface area contributed by atoms with E-state index in [0.717, 1.165) is 22.6 Å². The molecule has 0 aliphatic rings. The minimum absolute atomic E-state index is 0. The Hall–Kier alpha value is -0.996. The standard InChI is InChI=1S/C15H18N2O2.C2H6.C2H5.Y/c1-10(9-13(18)16-3)14-11(2)15(19-17-14)12-7-5-4-6-8-12;2*1-2;/h4-8,10H,9H2,1-3H3,(H,16,18);1-2H3;1H2,2H3;/q;;-1;/p-1. The summed E-state index contributed by atoms with van der Waals surface area (Å²) in [5.41, 5.74) is 2.82. The van der Waals surface area contributed by atoms with Gasteiger partial charge < -0.3 is 21.6 Å². The zero-order valence-electron chi connectivity index (χ0n) is 15.7. The fourth-order valence-corrected chi connectivity index (χ4v) is 2.12. The Morgan fingerprint density at radius 1 is 1.25 bits per heavy atom. The van der Waals surface area contributed by atoms with Crippen molar-refractivity contribution in [2.45, 2.75) is 47.0 Å². The summed E-state index contributed by atoms with van der Waals surface area (Å²) in [5.74, 6) is 0.664. The van der Waals surface area contributed by atoms with Gasteiger partial charge in [0.1, 0.15) is 0 Å². The van der Waals surface area contributed by atoms with Crippen molar-refractivity contribution in [3.05, 3.63) is 53.8 Å². The molecule has 1 radical (unpaired) electrons. The van der Waals surface area contributed by atoms with E-state index in [1.165, 1.54) is 7.05 Å². The van der Waals surface area contributed by atoms with Gasteiger partial charge in [0.2, 0.25) is 0 Å². The number of carbonyl (C=O) groups is 1. The average Bonchev–Trinajstić information content (AvgIpc) is 3.00. The maximum atomic E-state index is 11.4. The Labute approximate surface area is 171 Å². The molecule has 1 atom stereocenters. The number of benzene rings is 1. The van der Waals surface area contributed by atoms with Gasteiger partial charge in [-0.3, -0.25) is 0 Å². The monoisotopic (exact) mass is 405 g/mol. The molecule has 1 unspecified atom stereocenters. The predicted molar refractivity (Wildman–Crippen MR) is 96.4 cm³/mol. The van der Waals surface area contributed by atoms with E-state index in [2.05, 4.69) is 17.4 Å². The normalized spacial score (nSPS) is 10.1. The van der Waals surface area contributed by atoms with Crippen molar-refractivity contribution in [3.8, 4) is 11.3 Å². The fraction of sp³-hybridized carbons (Fsp3) is 0.421. The summed E-state index contributed by atoms with van der Waals surface area (Å²) < 4.78 is 5.43. The van der Waals surface area contributed by atoms with E-state index < -0.39 is 0 Å². The first-order valence-corrected chi connectivity index (χ1v) is 7.98. The maximum absolute atomic E-state index is 11.4. The number of amides is 1. The molecular weight excluding hydrogens is 377 g/mol. The summed E-state index contributed by atoms with van der Waals surface area (Å²) in [4.78, 5) is 11.4. The zero-order chi connectivity index (χ0) is 17.8. The van der Waals surface area contributed by atoms with Crippen LogP contribution in [-0.2, 0) is 37.5 Å². The minimum Gasteiger partial charge on any atom is -0.656 e. The summed E-state index contributed by atoms with van der Waals surface area (Å²) in [6, 6.07) is 9.84. The number of carbonyl (C=O) groups excluding carboxylic acids is 1. The van der Waals surface area contributed by atoms with Crippen molar-refractivity contribution < 1.29 is 42.0 Å². The molecule has 24 heavy (non-hydrogen) atoms. The molecule has 0 saturated heterocycles. The van der Waals surface area contributed by atoms with Gasteiger partial charge in [-0.15, -0.1) is 7.05 Å². The van der Waals surface area contributed by atoms with Crippen molar-refractivity contribution in [2.75, 3.05) is 7.05 Å². The summed E-state index contributed by atoms with van der Waals surface area (Å²) in [6.07, 6.45) is 0.359. The molecule has 1 aromatic heterocycles.